The molecule has 1 aliphatic rings. The zero-order valence-electron chi connectivity index (χ0n) is 16.4. The summed E-state index contributed by atoms with van der Waals surface area (Å²) in [5.74, 6) is -0.664. The van der Waals surface area contributed by atoms with Gasteiger partial charge in [0, 0.05) is 6.42 Å². The van der Waals surface area contributed by atoms with Gasteiger partial charge in [0.2, 0.25) is 0 Å². The van der Waals surface area contributed by atoms with E-state index < -0.39 is 5.97 Å². The van der Waals surface area contributed by atoms with Crippen LogP contribution in [-0.2, 0) is 4.79 Å². The average molecular weight is 363 g/mol. The molecule has 0 atom stereocenters. The molecule has 0 saturated heterocycles. The van der Waals surface area contributed by atoms with Gasteiger partial charge in [0.1, 0.15) is 0 Å². The molecular formula is C21H39KO2. The normalized spacial score (nSPS) is 12.4. The first-order valence-corrected chi connectivity index (χ1v) is 9.95. The van der Waals surface area contributed by atoms with Gasteiger partial charge in [0.15, 0.2) is 0 Å². The maximum atomic E-state index is 10.3. The summed E-state index contributed by atoms with van der Waals surface area (Å²) in [5.41, 5.74) is 0. The van der Waals surface area contributed by atoms with E-state index in [1.165, 1.54) is 83.5 Å². The molecule has 0 spiro atoms. The maximum absolute atomic E-state index is 10.3. The maximum Gasteiger partial charge on any atom is 1.00 e. The third-order valence-electron chi connectivity index (χ3n) is 3.94. The first-order chi connectivity index (χ1) is 11.3. The molecule has 0 amide bonds. The number of unbranched alkanes of at least 4 members (excludes halogenated alkanes) is 11. The summed E-state index contributed by atoms with van der Waals surface area (Å²) in [7, 11) is 0. The van der Waals surface area contributed by atoms with Gasteiger partial charge in [-0.15, -0.1) is 0 Å². The summed E-state index contributed by atoms with van der Waals surface area (Å²) in [6.07, 6.45) is 26.2. The number of aliphatic carboxylic acids is 1. The quantitative estimate of drug-likeness (QED) is 0.206. The van der Waals surface area contributed by atoms with Crippen molar-refractivity contribution >= 4 is 5.97 Å². The molecule has 0 heterocycles. The van der Waals surface area contributed by atoms with E-state index in [1.807, 2.05) is 0 Å². The number of rotatable bonds is 15. The zero-order chi connectivity index (χ0) is 17.0. The van der Waals surface area contributed by atoms with Crippen LogP contribution in [0, 0.1) is 6.42 Å². The van der Waals surface area contributed by atoms with Gasteiger partial charge < -0.3 is 11.5 Å². The molecule has 0 aromatic rings. The fourth-order valence-corrected chi connectivity index (χ4v) is 2.35. The minimum Gasteiger partial charge on any atom is -0.481 e. The standard InChI is InChI=1S/C18H34O2.C3H5.K/c1-2-3-4-5-6-7-8-9-10-11-12-13-14-15-16-17-18(19)20;1-2-3-1;/h9-10H,2-8,11-17H2,1H3,(H,19,20);1H,2-3H2;/q;-1;+1/b10-9-;;. The third-order valence-corrected chi connectivity index (χ3v) is 3.94. The molecule has 0 aliphatic heterocycles. The summed E-state index contributed by atoms with van der Waals surface area (Å²) in [5, 5.41) is 8.51. The van der Waals surface area contributed by atoms with Crippen molar-refractivity contribution in [2.45, 2.75) is 110 Å². The van der Waals surface area contributed by atoms with E-state index in [4.69, 9.17) is 5.11 Å². The molecule has 2 nitrogen and oxygen atoms in total. The Hall–Kier alpha value is 0.846. The number of carbonyl (C=O) groups is 1. The van der Waals surface area contributed by atoms with Crippen molar-refractivity contribution in [3.05, 3.63) is 18.6 Å². The first-order valence-electron chi connectivity index (χ1n) is 9.95. The molecule has 3 heteroatoms. The van der Waals surface area contributed by atoms with Gasteiger partial charge in [-0.2, -0.15) is 0 Å². The second kappa shape index (κ2) is 23.8. The largest absolute Gasteiger partial charge is 1.00 e. The molecule has 1 rings (SSSR count). The van der Waals surface area contributed by atoms with E-state index in [1.54, 1.807) is 0 Å². The summed E-state index contributed by atoms with van der Waals surface area (Å²) in [4.78, 5) is 10.3. The van der Waals surface area contributed by atoms with Crippen LogP contribution < -0.4 is 51.4 Å². The smallest absolute Gasteiger partial charge is 0.481 e. The summed E-state index contributed by atoms with van der Waals surface area (Å²) >= 11 is 0. The molecular weight excluding hydrogens is 323 g/mol. The van der Waals surface area contributed by atoms with Crippen LogP contribution in [0.4, 0.5) is 0 Å². The second-order valence-electron chi connectivity index (χ2n) is 6.59. The number of hydrogen-bond donors (Lipinski definition) is 1. The van der Waals surface area contributed by atoms with Crippen molar-refractivity contribution in [3.8, 4) is 0 Å². The van der Waals surface area contributed by atoms with E-state index in [9.17, 15) is 4.79 Å². The monoisotopic (exact) mass is 362 g/mol. The number of carboxylic acid groups (broad SMARTS) is 1. The van der Waals surface area contributed by atoms with Gasteiger partial charge >= 0.3 is 57.4 Å². The molecule has 24 heavy (non-hydrogen) atoms. The zero-order valence-corrected chi connectivity index (χ0v) is 19.5. The van der Waals surface area contributed by atoms with E-state index >= 15 is 0 Å². The van der Waals surface area contributed by atoms with Gasteiger partial charge in [-0.05, 0) is 32.1 Å². The topological polar surface area (TPSA) is 37.3 Å². The summed E-state index contributed by atoms with van der Waals surface area (Å²) in [6, 6.07) is 0. The van der Waals surface area contributed by atoms with Gasteiger partial charge in [-0.25, -0.2) is 12.8 Å². The molecule has 0 radical (unpaired) electrons. The molecule has 0 unspecified atom stereocenters. The molecule has 136 valence electrons. The number of hydrogen-bond acceptors (Lipinski definition) is 1. The Kier molecular flexibility index (Phi) is 26.9. The van der Waals surface area contributed by atoms with Crippen LogP contribution in [0.5, 0.6) is 0 Å². The fraction of sp³-hybridized carbons (Fsp3) is 0.810. The summed E-state index contributed by atoms with van der Waals surface area (Å²) in [6.45, 7) is 2.26. The molecule has 0 bridgehead atoms. The van der Waals surface area contributed by atoms with Crippen LogP contribution in [0.25, 0.3) is 0 Å². The average Bonchev–Trinajstić information content (AvgIpc) is 3.39. The molecule has 1 aliphatic carbocycles. The van der Waals surface area contributed by atoms with Gasteiger partial charge in [-0.3, -0.25) is 4.79 Å². The van der Waals surface area contributed by atoms with E-state index in [0.717, 1.165) is 12.8 Å². The minimum absolute atomic E-state index is 0. The third kappa shape index (κ3) is 30.7. The molecule has 0 aromatic heterocycles. The Bertz CT molecular complexity index is 272. The molecule has 1 N–H and O–H groups in total. The van der Waals surface area contributed by atoms with Crippen LogP contribution in [0.1, 0.15) is 110 Å². The Balaban J connectivity index is 0. The van der Waals surface area contributed by atoms with Gasteiger partial charge in [0.25, 0.3) is 0 Å². The summed E-state index contributed by atoms with van der Waals surface area (Å²) < 4.78 is 0. The van der Waals surface area contributed by atoms with E-state index in [0.29, 0.717) is 6.42 Å². The number of allylic oxidation sites excluding steroid dienone is 2. The minimum atomic E-state index is -0.664. The van der Waals surface area contributed by atoms with E-state index in [2.05, 4.69) is 25.5 Å². The Labute approximate surface area is 193 Å². The van der Waals surface area contributed by atoms with Gasteiger partial charge in [-0.1, -0.05) is 70.4 Å². The SMILES string of the molecule is CCCCCCCC/C=C\CCCCCCCC(=O)O.[CH-]1CC1.[K+]. The van der Waals surface area contributed by atoms with Crippen molar-refractivity contribution in [1.29, 1.82) is 0 Å². The van der Waals surface area contributed by atoms with Gasteiger partial charge in [0.05, 0.1) is 0 Å². The van der Waals surface area contributed by atoms with Crippen molar-refractivity contribution in [2.75, 3.05) is 0 Å². The predicted octanol–water partition coefficient (Wildman–Crippen LogP) is 4.10. The van der Waals surface area contributed by atoms with Crippen LogP contribution in [0.15, 0.2) is 12.2 Å². The Morgan fingerprint density at radius 2 is 1.25 bits per heavy atom. The van der Waals surface area contributed by atoms with Crippen molar-refractivity contribution in [2.24, 2.45) is 0 Å². The van der Waals surface area contributed by atoms with Crippen molar-refractivity contribution in [3.63, 3.8) is 0 Å². The van der Waals surface area contributed by atoms with Crippen LogP contribution >= 0.6 is 0 Å². The van der Waals surface area contributed by atoms with Crippen molar-refractivity contribution < 1.29 is 61.3 Å². The second-order valence-corrected chi connectivity index (χ2v) is 6.59. The Morgan fingerprint density at radius 3 is 1.67 bits per heavy atom. The predicted molar refractivity (Wildman–Crippen MR) is 101 cm³/mol. The first kappa shape index (κ1) is 27.1. The van der Waals surface area contributed by atoms with Crippen LogP contribution in [0.2, 0.25) is 0 Å². The van der Waals surface area contributed by atoms with Crippen LogP contribution in [0.3, 0.4) is 0 Å². The van der Waals surface area contributed by atoms with Crippen LogP contribution in [-0.4, -0.2) is 11.1 Å². The van der Waals surface area contributed by atoms with E-state index in [-0.39, 0.29) is 51.4 Å². The molecule has 1 saturated carbocycles. The molecule has 1 fully saturated rings. The fourth-order valence-electron chi connectivity index (χ4n) is 2.35. The molecule has 0 aromatic carbocycles. The van der Waals surface area contributed by atoms with Crippen molar-refractivity contribution in [1.82, 2.24) is 0 Å². The number of carboxylic acids is 1. The Morgan fingerprint density at radius 1 is 0.833 bits per heavy atom.